The van der Waals surface area contributed by atoms with E-state index in [4.69, 9.17) is 11.6 Å². The van der Waals surface area contributed by atoms with Gasteiger partial charge in [-0.05, 0) is 46.6 Å². The van der Waals surface area contributed by atoms with Crippen molar-refractivity contribution in [3.05, 3.63) is 37.8 Å². The Hall–Kier alpha value is 0.330. The SMILES string of the molecule is CSC(I)=Cc1ccccc1Cl. The average molecular weight is 311 g/mol. The fourth-order valence-electron chi connectivity index (χ4n) is 0.773. The Morgan fingerprint density at radius 1 is 1.50 bits per heavy atom. The lowest BCUT2D eigenvalue weighted by Crippen LogP contribution is -1.73. The number of halogens is 2. The highest BCUT2D eigenvalue weighted by molar-refractivity contribution is 14.1. The van der Waals surface area contributed by atoms with Crippen molar-refractivity contribution in [1.82, 2.24) is 0 Å². The summed E-state index contributed by atoms with van der Waals surface area (Å²) in [5, 5.41) is 0.806. The first kappa shape index (κ1) is 10.4. The van der Waals surface area contributed by atoms with Crippen LogP contribution in [0.4, 0.5) is 0 Å². The van der Waals surface area contributed by atoms with E-state index in [0.717, 1.165) is 10.6 Å². The first-order valence-corrected chi connectivity index (χ1v) is 6.08. The molecule has 0 nitrogen and oxygen atoms in total. The second-order valence-electron chi connectivity index (χ2n) is 2.17. The monoisotopic (exact) mass is 310 g/mol. The van der Waals surface area contributed by atoms with Crippen LogP contribution < -0.4 is 0 Å². The molecule has 64 valence electrons. The van der Waals surface area contributed by atoms with Gasteiger partial charge in [0.2, 0.25) is 0 Å². The van der Waals surface area contributed by atoms with Crippen molar-refractivity contribution in [3.8, 4) is 0 Å². The third kappa shape index (κ3) is 2.99. The van der Waals surface area contributed by atoms with Gasteiger partial charge in [0.15, 0.2) is 0 Å². The molecule has 0 heterocycles. The van der Waals surface area contributed by atoms with Gasteiger partial charge < -0.3 is 0 Å². The van der Waals surface area contributed by atoms with Crippen LogP contribution in [0.2, 0.25) is 5.02 Å². The molecule has 0 saturated heterocycles. The van der Waals surface area contributed by atoms with Gasteiger partial charge in [-0.25, -0.2) is 0 Å². The van der Waals surface area contributed by atoms with Crippen LogP contribution in [0.25, 0.3) is 6.08 Å². The summed E-state index contributed by atoms with van der Waals surface area (Å²) in [6, 6.07) is 7.84. The van der Waals surface area contributed by atoms with Gasteiger partial charge in [-0.1, -0.05) is 29.8 Å². The fraction of sp³-hybridized carbons (Fsp3) is 0.111. The van der Waals surface area contributed by atoms with Crippen molar-refractivity contribution >= 4 is 52.0 Å². The summed E-state index contributed by atoms with van der Waals surface area (Å²) < 4.78 is 1.24. The number of hydrogen-bond donors (Lipinski definition) is 0. The average Bonchev–Trinajstić information content (AvgIpc) is 2.09. The van der Waals surface area contributed by atoms with E-state index in [9.17, 15) is 0 Å². The largest absolute Gasteiger partial charge is 0.123 e. The summed E-state index contributed by atoms with van der Waals surface area (Å²) >= 11 is 9.98. The van der Waals surface area contributed by atoms with Crippen molar-refractivity contribution in [1.29, 1.82) is 0 Å². The molecule has 0 amide bonds. The van der Waals surface area contributed by atoms with Gasteiger partial charge in [-0.2, -0.15) is 0 Å². The number of rotatable bonds is 2. The van der Waals surface area contributed by atoms with Gasteiger partial charge in [-0.15, -0.1) is 11.8 Å². The lowest BCUT2D eigenvalue weighted by molar-refractivity contribution is 1.66. The van der Waals surface area contributed by atoms with Gasteiger partial charge >= 0.3 is 0 Å². The normalized spacial score (nSPS) is 11.8. The van der Waals surface area contributed by atoms with Crippen LogP contribution in [0, 0.1) is 0 Å². The molecule has 0 radical (unpaired) electrons. The molecular formula is C9H8ClIS. The van der Waals surface area contributed by atoms with Crippen LogP contribution >= 0.6 is 46.0 Å². The Labute approximate surface area is 95.5 Å². The van der Waals surface area contributed by atoms with E-state index in [1.165, 1.54) is 2.91 Å². The molecule has 0 bridgehead atoms. The molecule has 12 heavy (non-hydrogen) atoms. The van der Waals surface area contributed by atoms with Crippen LogP contribution in [0.1, 0.15) is 5.56 Å². The molecule has 0 saturated carbocycles. The van der Waals surface area contributed by atoms with E-state index in [0.29, 0.717) is 0 Å². The van der Waals surface area contributed by atoms with Crippen molar-refractivity contribution in [2.24, 2.45) is 0 Å². The standard InChI is InChI=1S/C9H8ClIS/c1-12-9(11)6-7-4-2-3-5-8(7)10/h2-6H,1H3. The number of thioether (sulfide) groups is 1. The molecule has 1 aromatic rings. The van der Waals surface area contributed by atoms with Crippen LogP contribution in [-0.2, 0) is 0 Å². The molecule has 1 aromatic carbocycles. The third-order valence-corrected chi connectivity index (χ3v) is 3.85. The smallest absolute Gasteiger partial charge is 0.0478 e. The first-order chi connectivity index (χ1) is 5.74. The molecule has 0 spiro atoms. The minimum absolute atomic E-state index is 0.806. The van der Waals surface area contributed by atoms with Crippen LogP contribution in [-0.4, -0.2) is 6.26 Å². The minimum atomic E-state index is 0.806. The molecule has 0 atom stereocenters. The molecule has 3 heteroatoms. The third-order valence-electron chi connectivity index (χ3n) is 1.37. The van der Waals surface area contributed by atoms with Crippen molar-refractivity contribution < 1.29 is 0 Å². The van der Waals surface area contributed by atoms with Crippen molar-refractivity contribution in [3.63, 3.8) is 0 Å². The zero-order chi connectivity index (χ0) is 8.97. The van der Waals surface area contributed by atoms with Gasteiger partial charge in [-0.3, -0.25) is 0 Å². The number of benzene rings is 1. The van der Waals surface area contributed by atoms with E-state index in [1.54, 1.807) is 11.8 Å². The molecular weight excluding hydrogens is 303 g/mol. The zero-order valence-electron chi connectivity index (χ0n) is 6.55. The van der Waals surface area contributed by atoms with Crippen LogP contribution in [0.3, 0.4) is 0 Å². The van der Waals surface area contributed by atoms with Gasteiger partial charge in [0.05, 0.1) is 0 Å². The molecule has 0 fully saturated rings. The second-order valence-corrected chi connectivity index (χ2v) is 5.32. The summed E-state index contributed by atoms with van der Waals surface area (Å²) in [7, 11) is 0. The topological polar surface area (TPSA) is 0 Å². The van der Waals surface area contributed by atoms with E-state index in [-0.39, 0.29) is 0 Å². The quantitative estimate of drug-likeness (QED) is 0.728. The second kappa shape index (κ2) is 5.14. The van der Waals surface area contributed by atoms with Gasteiger partial charge in [0.1, 0.15) is 0 Å². The fourth-order valence-corrected chi connectivity index (χ4v) is 1.54. The molecule has 0 aliphatic heterocycles. The predicted molar refractivity (Wildman–Crippen MR) is 67.0 cm³/mol. The molecule has 0 aliphatic carbocycles. The Balaban J connectivity index is 2.96. The summed E-state index contributed by atoms with van der Waals surface area (Å²) in [6.07, 6.45) is 4.13. The maximum atomic E-state index is 5.97. The Morgan fingerprint density at radius 3 is 2.75 bits per heavy atom. The minimum Gasteiger partial charge on any atom is -0.123 e. The van der Waals surface area contributed by atoms with Gasteiger partial charge in [0, 0.05) is 7.93 Å². The Bertz CT molecular complexity index is 296. The zero-order valence-corrected chi connectivity index (χ0v) is 10.3. The van der Waals surface area contributed by atoms with E-state index >= 15 is 0 Å². The van der Waals surface area contributed by atoms with E-state index in [2.05, 4.69) is 34.9 Å². The van der Waals surface area contributed by atoms with E-state index < -0.39 is 0 Å². The summed E-state index contributed by atoms with van der Waals surface area (Å²) in [5.41, 5.74) is 1.08. The molecule has 0 unspecified atom stereocenters. The lowest BCUT2D eigenvalue weighted by atomic mass is 10.2. The highest BCUT2D eigenvalue weighted by Crippen LogP contribution is 2.26. The van der Waals surface area contributed by atoms with Crippen LogP contribution in [0.15, 0.2) is 27.2 Å². The summed E-state index contributed by atoms with van der Waals surface area (Å²) in [5.74, 6) is 0. The maximum absolute atomic E-state index is 5.97. The lowest BCUT2D eigenvalue weighted by Gasteiger charge is -1.97. The Kier molecular flexibility index (Phi) is 4.46. The molecule has 1 rings (SSSR count). The van der Waals surface area contributed by atoms with Crippen molar-refractivity contribution in [2.45, 2.75) is 0 Å². The van der Waals surface area contributed by atoms with Crippen LogP contribution in [0.5, 0.6) is 0 Å². The molecule has 0 N–H and O–H groups in total. The molecule has 0 aliphatic rings. The van der Waals surface area contributed by atoms with Crippen molar-refractivity contribution in [2.75, 3.05) is 6.26 Å². The highest BCUT2D eigenvalue weighted by Gasteiger charge is 1.95. The highest BCUT2D eigenvalue weighted by atomic mass is 127. The molecule has 0 aromatic heterocycles. The Morgan fingerprint density at radius 2 is 2.17 bits per heavy atom. The first-order valence-electron chi connectivity index (χ1n) is 3.40. The van der Waals surface area contributed by atoms with Gasteiger partial charge in [0.25, 0.3) is 0 Å². The predicted octanol–water partition coefficient (Wildman–Crippen LogP) is 4.44. The maximum Gasteiger partial charge on any atom is 0.0478 e. The summed E-state index contributed by atoms with van der Waals surface area (Å²) in [4.78, 5) is 0. The number of hydrogen-bond acceptors (Lipinski definition) is 1. The summed E-state index contributed by atoms with van der Waals surface area (Å²) in [6.45, 7) is 0. The van der Waals surface area contributed by atoms with E-state index in [1.807, 2.05) is 24.3 Å².